The van der Waals surface area contributed by atoms with E-state index >= 15 is 0 Å². The fraction of sp³-hybridized carbons (Fsp3) is 0.533. The van der Waals surface area contributed by atoms with Crippen LogP contribution in [-0.4, -0.2) is 39.5 Å². The number of rotatable bonds is 4. The first-order valence-corrected chi connectivity index (χ1v) is 7.00. The van der Waals surface area contributed by atoms with Crippen LogP contribution in [-0.2, 0) is 4.79 Å². The molecule has 6 heteroatoms. The highest BCUT2D eigenvalue weighted by molar-refractivity contribution is 5.84. The van der Waals surface area contributed by atoms with Gasteiger partial charge in [-0.3, -0.25) is 14.9 Å². The van der Waals surface area contributed by atoms with Crippen molar-refractivity contribution in [1.82, 2.24) is 4.90 Å². The van der Waals surface area contributed by atoms with Gasteiger partial charge in [0.15, 0.2) is 0 Å². The van der Waals surface area contributed by atoms with Gasteiger partial charge in [0.2, 0.25) is 5.91 Å². The lowest BCUT2D eigenvalue weighted by molar-refractivity contribution is -0.384. The molecule has 1 unspecified atom stereocenters. The highest BCUT2D eigenvalue weighted by atomic mass is 16.6. The van der Waals surface area contributed by atoms with Gasteiger partial charge in [-0.05, 0) is 18.4 Å². The topological polar surface area (TPSA) is 83.7 Å². The van der Waals surface area contributed by atoms with Gasteiger partial charge in [0.05, 0.1) is 23.9 Å². The van der Waals surface area contributed by atoms with Crippen LogP contribution in [0.2, 0.25) is 0 Å². The lowest BCUT2D eigenvalue weighted by Crippen LogP contribution is -2.66. The Kier molecular flexibility index (Phi) is 4.00. The highest BCUT2D eigenvalue weighted by Crippen LogP contribution is 2.32. The number of likely N-dealkylation sites (tertiary alicyclic amines) is 1. The van der Waals surface area contributed by atoms with E-state index in [2.05, 4.69) is 0 Å². The number of nitro groups is 1. The lowest BCUT2D eigenvalue weighted by Gasteiger charge is -2.49. The lowest BCUT2D eigenvalue weighted by atomic mass is 9.82. The summed E-state index contributed by atoms with van der Waals surface area (Å²) in [5.41, 5.74) is -0.207. The molecule has 6 nitrogen and oxygen atoms in total. The third-order valence-corrected chi connectivity index (χ3v) is 4.27. The Morgan fingerprint density at radius 2 is 2.00 bits per heavy atom. The summed E-state index contributed by atoms with van der Waals surface area (Å²) in [5.74, 6) is -0.475. The summed E-state index contributed by atoms with van der Waals surface area (Å²) < 4.78 is 0. The molecule has 0 bridgehead atoms. The second-order valence-electron chi connectivity index (χ2n) is 6.03. The van der Waals surface area contributed by atoms with E-state index in [1.54, 1.807) is 24.0 Å². The van der Waals surface area contributed by atoms with E-state index in [-0.39, 0.29) is 17.5 Å². The van der Waals surface area contributed by atoms with Crippen LogP contribution in [0.1, 0.15) is 32.3 Å². The van der Waals surface area contributed by atoms with Crippen LogP contribution in [0.15, 0.2) is 24.3 Å². The second kappa shape index (κ2) is 5.44. The van der Waals surface area contributed by atoms with E-state index in [9.17, 15) is 20.0 Å². The molecule has 1 atom stereocenters. The molecule has 2 rings (SSSR count). The standard InChI is InChI=1S/C15H20N2O4/c1-10(2)15(19)8-16(9-15)14(18)11(3)12-5-4-6-13(7-12)17(20)21/h4-7,10-11,19H,8-9H2,1-3H3. The third kappa shape index (κ3) is 2.90. The van der Waals surface area contributed by atoms with Gasteiger partial charge in [-0.2, -0.15) is 0 Å². The van der Waals surface area contributed by atoms with Gasteiger partial charge in [-0.25, -0.2) is 0 Å². The van der Waals surface area contributed by atoms with E-state index in [1.165, 1.54) is 12.1 Å². The average molecular weight is 292 g/mol. The second-order valence-corrected chi connectivity index (χ2v) is 6.03. The quantitative estimate of drug-likeness (QED) is 0.679. The van der Waals surface area contributed by atoms with Gasteiger partial charge < -0.3 is 10.0 Å². The molecule has 1 heterocycles. The minimum absolute atomic E-state index is 0.0190. The van der Waals surface area contributed by atoms with Crippen molar-refractivity contribution >= 4 is 11.6 Å². The number of amides is 1. The number of carbonyl (C=O) groups is 1. The van der Waals surface area contributed by atoms with E-state index in [0.717, 1.165) is 0 Å². The van der Waals surface area contributed by atoms with Crippen LogP contribution < -0.4 is 0 Å². The molecule has 1 amide bonds. The maximum Gasteiger partial charge on any atom is 0.269 e. The smallest absolute Gasteiger partial charge is 0.269 e. The van der Waals surface area contributed by atoms with Crippen LogP contribution in [0.4, 0.5) is 5.69 Å². The van der Waals surface area contributed by atoms with Crippen molar-refractivity contribution in [2.24, 2.45) is 5.92 Å². The number of nitrogens with zero attached hydrogens (tertiary/aromatic N) is 2. The summed E-state index contributed by atoms with van der Waals surface area (Å²) >= 11 is 0. The number of nitro benzene ring substituents is 1. The van der Waals surface area contributed by atoms with Gasteiger partial charge >= 0.3 is 0 Å². The zero-order valence-electron chi connectivity index (χ0n) is 12.4. The summed E-state index contributed by atoms with van der Waals surface area (Å²) in [7, 11) is 0. The van der Waals surface area contributed by atoms with Crippen molar-refractivity contribution in [1.29, 1.82) is 0 Å². The maximum atomic E-state index is 12.4. The summed E-state index contributed by atoms with van der Waals surface area (Å²) in [6.45, 7) is 6.22. The van der Waals surface area contributed by atoms with E-state index in [1.807, 2.05) is 13.8 Å². The van der Waals surface area contributed by atoms with Crippen LogP contribution in [0.25, 0.3) is 0 Å². The summed E-state index contributed by atoms with van der Waals surface area (Å²) in [6.07, 6.45) is 0. The zero-order chi connectivity index (χ0) is 15.8. The molecule has 0 radical (unpaired) electrons. The van der Waals surface area contributed by atoms with Crippen molar-refractivity contribution in [3.63, 3.8) is 0 Å². The first-order chi connectivity index (χ1) is 9.74. The van der Waals surface area contributed by atoms with Gasteiger partial charge in [-0.1, -0.05) is 26.0 Å². The Bertz CT molecular complexity index is 565. The Morgan fingerprint density at radius 1 is 1.38 bits per heavy atom. The monoisotopic (exact) mass is 292 g/mol. The SMILES string of the molecule is CC(C(=O)N1CC(O)(C(C)C)C1)c1cccc([N+](=O)[O-])c1. The first-order valence-electron chi connectivity index (χ1n) is 7.00. The van der Waals surface area contributed by atoms with Crippen molar-refractivity contribution in [3.05, 3.63) is 39.9 Å². The van der Waals surface area contributed by atoms with Crippen LogP contribution in [0.3, 0.4) is 0 Å². The molecule has 1 aliphatic rings. The Morgan fingerprint density at radius 3 is 2.52 bits per heavy atom. The molecule has 1 N–H and O–H groups in total. The number of aliphatic hydroxyl groups is 1. The number of benzene rings is 1. The molecule has 1 aromatic rings. The molecule has 0 aliphatic carbocycles. The number of carbonyl (C=O) groups excluding carboxylic acids is 1. The van der Waals surface area contributed by atoms with E-state index in [0.29, 0.717) is 18.7 Å². The molecule has 0 saturated carbocycles. The average Bonchev–Trinajstić information content (AvgIpc) is 2.42. The summed E-state index contributed by atoms with van der Waals surface area (Å²) in [5, 5.41) is 21.0. The number of hydrogen-bond acceptors (Lipinski definition) is 4. The molecule has 0 aromatic heterocycles. The maximum absolute atomic E-state index is 12.4. The van der Waals surface area contributed by atoms with Crippen LogP contribution >= 0.6 is 0 Å². The zero-order valence-corrected chi connectivity index (χ0v) is 12.4. The van der Waals surface area contributed by atoms with Crippen LogP contribution in [0, 0.1) is 16.0 Å². The fourth-order valence-corrected chi connectivity index (χ4v) is 2.46. The predicted molar refractivity (Wildman–Crippen MR) is 77.9 cm³/mol. The fourth-order valence-electron chi connectivity index (χ4n) is 2.46. The molecule has 0 spiro atoms. The molecule has 1 fully saturated rings. The molecular weight excluding hydrogens is 272 g/mol. The molecule has 21 heavy (non-hydrogen) atoms. The molecule has 1 aromatic carbocycles. The van der Waals surface area contributed by atoms with Gasteiger partial charge in [0, 0.05) is 12.1 Å². The van der Waals surface area contributed by atoms with Crippen molar-refractivity contribution in [3.8, 4) is 0 Å². The van der Waals surface area contributed by atoms with Gasteiger partial charge in [0.1, 0.15) is 5.60 Å². The molecule has 114 valence electrons. The molecule has 1 saturated heterocycles. The van der Waals surface area contributed by atoms with E-state index < -0.39 is 16.4 Å². The normalized spacial score (nSPS) is 18.2. The summed E-state index contributed by atoms with van der Waals surface area (Å²) in [4.78, 5) is 24.3. The minimum Gasteiger partial charge on any atom is -0.386 e. The van der Waals surface area contributed by atoms with Crippen molar-refractivity contribution in [2.75, 3.05) is 13.1 Å². The number of non-ortho nitro benzene ring substituents is 1. The summed E-state index contributed by atoms with van der Waals surface area (Å²) in [6, 6.07) is 6.13. The largest absolute Gasteiger partial charge is 0.386 e. The predicted octanol–water partition coefficient (Wildman–Crippen LogP) is 1.93. The van der Waals surface area contributed by atoms with Crippen molar-refractivity contribution in [2.45, 2.75) is 32.3 Å². The van der Waals surface area contributed by atoms with E-state index in [4.69, 9.17) is 0 Å². The molecule has 1 aliphatic heterocycles. The molecular formula is C15H20N2O4. The van der Waals surface area contributed by atoms with Gasteiger partial charge in [0.25, 0.3) is 5.69 Å². The minimum atomic E-state index is -0.807. The Hall–Kier alpha value is -1.95. The first kappa shape index (κ1) is 15.4. The Balaban J connectivity index is 2.07. The van der Waals surface area contributed by atoms with Crippen LogP contribution in [0.5, 0.6) is 0 Å². The number of β-amino-alcohol motifs (C(OH)–C–C–N with tert-alkyl or cyclic N) is 1. The van der Waals surface area contributed by atoms with Gasteiger partial charge in [-0.15, -0.1) is 0 Å². The third-order valence-electron chi connectivity index (χ3n) is 4.27. The highest BCUT2D eigenvalue weighted by Gasteiger charge is 2.46. The Labute approximate surface area is 123 Å². The number of hydrogen-bond donors (Lipinski definition) is 1. The van der Waals surface area contributed by atoms with Crippen molar-refractivity contribution < 1.29 is 14.8 Å².